The number of halogens is 1. The fourth-order valence-electron chi connectivity index (χ4n) is 5.04. The van der Waals surface area contributed by atoms with Crippen LogP contribution in [0.25, 0.3) is 0 Å². The van der Waals surface area contributed by atoms with Gasteiger partial charge in [-0.2, -0.15) is 0 Å². The predicted octanol–water partition coefficient (Wildman–Crippen LogP) is 3.33. The number of rotatable bonds is 4. The Hall–Kier alpha value is -1.26. The molecule has 1 amide bonds. The van der Waals surface area contributed by atoms with Crippen LogP contribution in [0.1, 0.15) is 56.9 Å². The molecule has 5 heteroatoms. The number of hydrogen-bond acceptors (Lipinski definition) is 3. The molecule has 4 rings (SSSR count). The van der Waals surface area contributed by atoms with Crippen LogP contribution in [0.3, 0.4) is 0 Å². The van der Waals surface area contributed by atoms with Gasteiger partial charge in [-0.15, -0.1) is 12.4 Å². The summed E-state index contributed by atoms with van der Waals surface area (Å²) in [4.78, 5) is 13.3. The van der Waals surface area contributed by atoms with Crippen molar-refractivity contribution in [3.63, 3.8) is 0 Å². The van der Waals surface area contributed by atoms with Crippen molar-refractivity contribution in [1.82, 2.24) is 10.6 Å². The first-order valence-electron chi connectivity index (χ1n) is 9.41. The van der Waals surface area contributed by atoms with Crippen molar-refractivity contribution in [2.75, 3.05) is 7.11 Å². The van der Waals surface area contributed by atoms with Crippen molar-refractivity contribution in [1.29, 1.82) is 0 Å². The Morgan fingerprint density at radius 3 is 2.52 bits per heavy atom. The first-order valence-corrected chi connectivity index (χ1v) is 9.41. The molecule has 2 bridgehead atoms. The van der Waals surface area contributed by atoms with Gasteiger partial charge in [0.25, 0.3) is 0 Å². The molecule has 1 aromatic rings. The molecule has 4 nitrogen and oxygen atoms in total. The first-order chi connectivity index (χ1) is 11.7. The minimum atomic E-state index is -0.363. The third-order valence-corrected chi connectivity index (χ3v) is 6.32. The quantitative estimate of drug-likeness (QED) is 0.861. The molecule has 1 saturated carbocycles. The standard InChI is InChI=1S/C20H28N2O2.ClH/c1-24-18-6-4-5-14(11-18)20(9-2-3-10-20)19(23)22-17-12-15-7-8-16(13-17)21-15;/h4-6,11,15-17,21H,2-3,7-10,12-13H2,1H3,(H,22,23);1H. The Labute approximate surface area is 156 Å². The molecule has 2 aliphatic heterocycles. The third kappa shape index (κ3) is 3.52. The maximum absolute atomic E-state index is 13.3. The molecular formula is C20H29ClN2O2. The highest BCUT2D eigenvalue weighted by Crippen LogP contribution is 2.42. The molecule has 2 saturated heterocycles. The van der Waals surface area contributed by atoms with E-state index in [1.54, 1.807) is 7.11 Å². The molecule has 2 atom stereocenters. The molecule has 0 aromatic heterocycles. The van der Waals surface area contributed by atoms with Gasteiger partial charge in [-0.05, 0) is 56.2 Å². The summed E-state index contributed by atoms with van der Waals surface area (Å²) in [7, 11) is 1.69. The Bertz CT molecular complexity index is 603. The van der Waals surface area contributed by atoms with Crippen LogP contribution >= 0.6 is 12.4 Å². The second-order valence-electron chi connectivity index (χ2n) is 7.80. The second-order valence-corrected chi connectivity index (χ2v) is 7.80. The van der Waals surface area contributed by atoms with Crippen molar-refractivity contribution in [2.24, 2.45) is 0 Å². The van der Waals surface area contributed by atoms with E-state index < -0.39 is 0 Å². The zero-order valence-corrected chi connectivity index (χ0v) is 15.7. The summed E-state index contributed by atoms with van der Waals surface area (Å²) in [6.07, 6.45) is 8.83. The lowest BCUT2D eigenvalue weighted by Gasteiger charge is -2.34. The minimum absolute atomic E-state index is 0. The number of carbonyl (C=O) groups is 1. The van der Waals surface area contributed by atoms with Gasteiger partial charge in [0.1, 0.15) is 5.75 Å². The van der Waals surface area contributed by atoms with Crippen molar-refractivity contribution < 1.29 is 9.53 Å². The smallest absolute Gasteiger partial charge is 0.230 e. The predicted molar refractivity (Wildman–Crippen MR) is 101 cm³/mol. The molecule has 0 radical (unpaired) electrons. The van der Waals surface area contributed by atoms with Crippen LogP contribution in [0.4, 0.5) is 0 Å². The van der Waals surface area contributed by atoms with Gasteiger partial charge >= 0.3 is 0 Å². The van der Waals surface area contributed by atoms with Gasteiger partial charge < -0.3 is 15.4 Å². The van der Waals surface area contributed by atoms with E-state index in [1.807, 2.05) is 12.1 Å². The van der Waals surface area contributed by atoms with E-state index >= 15 is 0 Å². The van der Waals surface area contributed by atoms with Crippen molar-refractivity contribution >= 4 is 18.3 Å². The van der Waals surface area contributed by atoms with Crippen molar-refractivity contribution in [3.8, 4) is 5.75 Å². The number of nitrogens with one attached hydrogen (secondary N) is 2. The summed E-state index contributed by atoms with van der Waals surface area (Å²) in [6.45, 7) is 0. The third-order valence-electron chi connectivity index (χ3n) is 6.32. The lowest BCUT2D eigenvalue weighted by atomic mass is 9.77. The molecule has 2 heterocycles. The van der Waals surface area contributed by atoms with Crippen LogP contribution in [0.2, 0.25) is 0 Å². The van der Waals surface area contributed by atoms with Crippen molar-refractivity contribution in [3.05, 3.63) is 29.8 Å². The first kappa shape index (κ1) is 18.5. The number of hydrogen-bond donors (Lipinski definition) is 2. The highest BCUT2D eigenvalue weighted by atomic mass is 35.5. The Balaban J connectivity index is 0.00000182. The monoisotopic (exact) mass is 364 g/mol. The van der Waals surface area contributed by atoms with Crippen LogP contribution in [-0.4, -0.2) is 31.1 Å². The van der Waals surface area contributed by atoms with Gasteiger partial charge in [0, 0.05) is 18.1 Å². The number of ether oxygens (including phenoxy) is 1. The molecule has 2 unspecified atom stereocenters. The van der Waals surface area contributed by atoms with E-state index in [-0.39, 0.29) is 23.7 Å². The number of piperidine rings is 1. The maximum Gasteiger partial charge on any atom is 0.230 e. The topological polar surface area (TPSA) is 50.4 Å². The molecule has 0 spiro atoms. The summed E-state index contributed by atoms with van der Waals surface area (Å²) >= 11 is 0. The van der Waals surface area contributed by atoms with Crippen molar-refractivity contribution in [2.45, 2.75) is 74.9 Å². The zero-order chi connectivity index (χ0) is 16.6. The number of amides is 1. The number of fused-ring (bicyclic) bond motifs is 2. The SMILES string of the molecule is COc1cccc(C2(C(=O)NC3CC4CCC(C3)N4)CCCC2)c1.Cl. The van der Waals surface area contributed by atoms with Gasteiger partial charge in [0.05, 0.1) is 12.5 Å². The summed E-state index contributed by atoms with van der Waals surface area (Å²) < 4.78 is 5.39. The van der Waals surface area contributed by atoms with Crippen LogP contribution in [-0.2, 0) is 10.2 Å². The number of methoxy groups -OCH3 is 1. The van der Waals surface area contributed by atoms with E-state index in [2.05, 4.69) is 22.8 Å². The second kappa shape index (κ2) is 7.55. The van der Waals surface area contributed by atoms with Crippen LogP contribution in [0.15, 0.2) is 24.3 Å². The average Bonchev–Trinajstić information content (AvgIpc) is 3.23. The highest BCUT2D eigenvalue weighted by Gasteiger charge is 2.44. The van der Waals surface area contributed by atoms with Gasteiger partial charge in [-0.1, -0.05) is 25.0 Å². The summed E-state index contributed by atoms with van der Waals surface area (Å²) in [5, 5.41) is 7.07. The van der Waals surface area contributed by atoms with E-state index in [0.717, 1.165) is 49.8 Å². The van der Waals surface area contributed by atoms with Crippen LogP contribution in [0.5, 0.6) is 5.75 Å². The zero-order valence-electron chi connectivity index (χ0n) is 14.9. The molecular weight excluding hydrogens is 336 g/mol. The number of benzene rings is 1. The van der Waals surface area contributed by atoms with Gasteiger partial charge in [0.15, 0.2) is 0 Å². The fourth-order valence-corrected chi connectivity index (χ4v) is 5.04. The van der Waals surface area contributed by atoms with Gasteiger partial charge in [0.2, 0.25) is 5.91 Å². The van der Waals surface area contributed by atoms with Crippen LogP contribution < -0.4 is 15.4 Å². The van der Waals surface area contributed by atoms with Crippen LogP contribution in [0, 0.1) is 0 Å². The molecule has 1 aliphatic carbocycles. The fraction of sp³-hybridized carbons (Fsp3) is 0.650. The molecule has 3 aliphatic rings. The van der Waals surface area contributed by atoms with E-state index in [9.17, 15) is 4.79 Å². The lowest BCUT2D eigenvalue weighted by molar-refractivity contribution is -0.127. The Morgan fingerprint density at radius 1 is 1.20 bits per heavy atom. The molecule has 2 N–H and O–H groups in total. The van der Waals surface area contributed by atoms with E-state index in [0.29, 0.717) is 18.1 Å². The average molecular weight is 365 g/mol. The maximum atomic E-state index is 13.3. The highest BCUT2D eigenvalue weighted by molar-refractivity contribution is 5.89. The lowest BCUT2D eigenvalue weighted by Crippen LogP contribution is -2.52. The summed E-state index contributed by atoms with van der Waals surface area (Å²) in [5.74, 6) is 1.08. The largest absolute Gasteiger partial charge is 0.497 e. The van der Waals surface area contributed by atoms with E-state index in [4.69, 9.17) is 4.74 Å². The summed E-state index contributed by atoms with van der Waals surface area (Å²) in [6, 6.07) is 9.65. The van der Waals surface area contributed by atoms with E-state index in [1.165, 1.54) is 12.8 Å². The minimum Gasteiger partial charge on any atom is -0.497 e. The molecule has 138 valence electrons. The normalized spacial score (nSPS) is 29.7. The van der Waals surface area contributed by atoms with Gasteiger partial charge in [-0.25, -0.2) is 0 Å². The molecule has 1 aromatic carbocycles. The molecule has 3 fully saturated rings. The summed E-state index contributed by atoms with van der Waals surface area (Å²) in [5.41, 5.74) is 0.757. The Kier molecular flexibility index (Phi) is 5.59. The van der Waals surface area contributed by atoms with Gasteiger partial charge in [-0.3, -0.25) is 4.79 Å². The Morgan fingerprint density at radius 2 is 1.88 bits per heavy atom. The molecule has 25 heavy (non-hydrogen) atoms. The number of carbonyl (C=O) groups excluding carboxylic acids is 1.